The highest BCUT2D eigenvalue weighted by molar-refractivity contribution is 5.40. The number of nitrogen functional groups attached to an aromatic ring is 1. The largest absolute Gasteiger partial charge is 0.496 e. The van der Waals surface area contributed by atoms with E-state index < -0.39 is 0 Å². The predicted octanol–water partition coefficient (Wildman–Crippen LogP) is 2.26. The van der Waals surface area contributed by atoms with E-state index in [4.69, 9.17) is 10.5 Å². The molecule has 0 amide bonds. The summed E-state index contributed by atoms with van der Waals surface area (Å²) in [6, 6.07) is 11.8. The zero-order chi connectivity index (χ0) is 11.4. The Morgan fingerprint density at radius 1 is 1.25 bits per heavy atom. The summed E-state index contributed by atoms with van der Waals surface area (Å²) in [7, 11) is 1.68. The van der Waals surface area contributed by atoms with Crippen LogP contribution in [0.4, 0.5) is 5.82 Å². The van der Waals surface area contributed by atoms with Gasteiger partial charge in [0.2, 0.25) is 0 Å². The van der Waals surface area contributed by atoms with Gasteiger partial charge in [-0.15, -0.1) is 0 Å². The molecule has 3 heteroatoms. The number of methoxy groups -OCH3 is 1. The maximum Gasteiger partial charge on any atom is 0.123 e. The number of benzene rings is 1. The number of hydrogen-bond donors (Lipinski definition) is 1. The lowest BCUT2D eigenvalue weighted by Gasteiger charge is -2.08. The second-order valence-electron chi connectivity index (χ2n) is 3.58. The van der Waals surface area contributed by atoms with Crippen LogP contribution in [0.5, 0.6) is 5.75 Å². The summed E-state index contributed by atoms with van der Waals surface area (Å²) >= 11 is 0. The van der Waals surface area contributed by atoms with Crippen molar-refractivity contribution in [3.63, 3.8) is 0 Å². The first-order chi connectivity index (χ1) is 7.79. The van der Waals surface area contributed by atoms with Crippen molar-refractivity contribution < 1.29 is 4.74 Å². The summed E-state index contributed by atoms with van der Waals surface area (Å²) in [5.74, 6) is 1.45. The van der Waals surface area contributed by atoms with E-state index in [2.05, 4.69) is 11.1 Å². The first-order valence-electron chi connectivity index (χ1n) is 5.12. The van der Waals surface area contributed by atoms with E-state index >= 15 is 0 Å². The van der Waals surface area contributed by atoms with Crippen molar-refractivity contribution in [3.8, 4) is 5.75 Å². The number of pyridine rings is 1. The van der Waals surface area contributed by atoms with Crippen LogP contribution in [0.15, 0.2) is 42.6 Å². The average molecular weight is 214 g/mol. The molecule has 0 saturated carbocycles. The van der Waals surface area contributed by atoms with Gasteiger partial charge in [-0.3, -0.25) is 0 Å². The zero-order valence-corrected chi connectivity index (χ0v) is 9.18. The normalized spacial score (nSPS) is 10.1. The minimum Gasteiger partial charge on any atom is -0.496 e. The molecule has 0 saturated heterocycles. The second-order valence-corrected chi connectivity index (χ2v) is 3.58. The van der Waals surface area contributed by atoms with Crippen LogP contribution >= 0.6 is 0 Å². The van der Waals surface area contributed by atoms with Crippen LogP contribution in [0.2, 0.25) is 0 Å². The highest BCUT2D eigenvalue weighted by Crippen LogP contribution is 2.21. The van der Waals surface area contributed by atoms with Gasteiger partial charge in [0.15, 0.2) is 0 Å². The van der Waals surface area contributed by atoms with E-state index in [0.29, 0.717) is 5.82 Å². The second kappa shape index (κ2) is 4.66. The van der Waals surface area contributed by atoms with Crippen LogP contribution in [0, 0.1) is 0 Å². The van der Waals surface area contributed by atoms with Crippen LogP contribution in [0.3, 0.4) is 0 Å². The number of rotatable bonds is 3. The third-order valence-electron chi connectivity index (χ3n) is 2.43. The van der Waals surface area contributed by atoms with Crippen molar-refractivity contribution in [2.24, 2.45) is 0 Å². The molecule has 2 rings (SSSR count). The summed E-state index contributed by atoms with van der Waals surface area (Å²) in [6.07, 6.45) is 2.52. The topological polar surface area (TPSA) is 48.1 Å². The number of para-hydroxylation sites is 1. The summed E-state index contributed by atoms with van der Waals surface area (Å²) in [4.78, 5) is 3.97. The average Bonchev–Trinajstić information content (AvgIpc) is 2.30. The lowest BCUT2D eigenvalue weighted by molar-refractivity contribution is 0.410. The lowest BCUT2D eigenvalue weighted by atomic mass is 10.1. The molecule has 2 aromatic rings. The van der Waals surface area contributed by atoms with Crippen molar-refractivity contribution >= 4 is 5.82 Å². The molecular weight excluding hydrogens is 200 g/mol. The Morgan fingerprint density at radius 2 is 2.06 bits per heavy atom. The molecule has 16 heavy (non-hydrogen) atoms. The van der Waals surface area contributed by atoms with Crippen molar-refractivity contribution in [1.82, 2.24) is 4.98 Å². The molecule has 2 N–H and O–H groups in total. The molecular formula is C13H14N2O. The van der Waals surface area contributed by atoms with Crippen LogP contribution in [0.25, 0.3) is 0 Å². The number of hydrogen-bond acceptors (Lipinski definition) is 3. The Hall–Kier alpha value is -2.03. The fraction of sp³-hybridized carbons (Fsp3) is 0.154. The third kappa shape index (κ3) is 2.31. The number of nitrogens with zero attached hydrogens (tertiary/aromatic N) is 1. The van der Waals surface area contributed by atoms with Gasteiger partial charge in [0.1, 0.15) is 11.6 Å². The predicted molar refractivity (Wildman–Crippen MR) is 64.4 cm³/mol. The van der Waals surface area contributed by atoms with Crippen molar-refractivity contribution in [3.05, 3.63) is 53.7 Å². The molecule has 0 spiro atoms. The lowest BCUT2D eigenvalue weighted by Crippen LogP contribution is -1.96. The highest BCUT2D eigenvalue weighted by Gasteiger charge is 2.03. The minimum absolute atomic E-state index is 0.549. The summed E-state index contributed by atoms with van der Waals surface area (Å²) in [6.45, 7) is 0. The molecule has 1 heterocycles. The molecule has 0 radical (unpaired) electrons. The van der Waals surface area contributed by atoms with Gasteiger partial charge in [0.05, 0.1) is 7.11 Å². The standard InChI is InChI=1S/C13H14N2O/c1-16-12-5-3-2-4-11(12)8-10-6-7-15-13(14)9-10/h2-7,9H,8H2,1H3,(H2,14,15). The van der Waals surface area contributed by atoms with E-state index in [9.17, 15) is 0 Å². The molecule has 0 atom stereocenters. The third-order valence-corrected chi connectivity index (χ3v) is 2.43. The molecule has 0 fully saturated rings. The summed E-state index contributed by atoms with van der Waals surface area (Å²) in [5.41, 5.74) is 7.93. The molecule has 3 nitrogen and oxygen atoms in total. The smallest absolute Gasteiger partial charge is 0.123 e. The highest BCUT2D eigenvalue weighted by atomic mass is 16.5. The van der Waals surface area contributed by atoms with Crippen LogP contribution in [-0.2, 0) is 6.42 Å². The van der Waals surface area contributed by atoms with Crippen molar-refractivity contribution in [2.75, 3.05) is 12.8 Å². The van der Waals surface area contributed by atoms with Crippen LogP contribution < -0.4 is 10.5 Å². The van der Waals surface area contributed by atoms with E-state index in [1.54, 1.807) is 13.3 Å². The Morgan fingerprint density at radius 3 is 2.81 bits per heavy atom. The van der Waals surface area contributed by atoms with E-state index in [-0.39, 0.29) is 0 Å². The molecule has 0 aliphatic carbocycles. The minimum atomic E-state index is 0.549. The molecule has 0 aliphatic rings. The molecule has 1 aromatic heterocycles. The van der Waals surface area contributed by atoms with Gasteiger partial charge in [-0.1, -0.05) is 18.2 Å². The fourth-order valence-electron chi connectivity index (χ4n) is 1.67. The van der Waals surface area contributed by atoms with Crippen LogP contribution in [-0.4, -0.2) is 12.1 Å². The van der Waals surface area contributed by atoms with E-state index in [0.717, 1.165) is 23.3 Å². The van der Waals surface area contributed by atoms with Crippen molar-refractivity contribution in [2.45, 2.75) is 6.42 Å². The van der Waals surface area contributed by atoms with Crippen LogP contribution in [0.1, 0.15) is 11.1 Å². The Balaban J connectivity index is 2.26. The first kappa shape index (κ1) is 10.5. The maximum absolute atomic E-state index is 5.64. The van der Waals surface area contributed by atoms with Gasteiger partial charge < -0.3 is 10.5 Å². The molecule has 0 unspecified atom stereocenters. The molecule has 0 aliphatic heterocycles. The van der Waals surface area contributed by atoms with Gasteiger partial charge in [-0.25, -0.2) is 4.98 Å². The number of nitrogens with two attached hydrogens (primary N) is 1. The maximum atomic E-state index is 5.64. The quantitative estimate of drug-likeness (QED) is 0.852. The summed E-state index contributed by atoms with van der Waals surface area (Å²) in [5, 5.41) is 0. The first-order valence-corrected chi connectivity index (χ1v) is 5.12. The number of anilines is 1. The summed E-state index contributed by atoms with van der Waals surface area (Å²) < 4.78 is 5.30. The molecule has 82 valence electrons. The van der Waals surface area contributed by atoms with Gasteiger partial charge in [-0.05, 0) is 29.3 Å². The SMILES string of the molecule is COc1ccccc1Cc1ccnc(N)c1. The Labute approximate surface area is 94.9 Å². The Bertz CT molecular complexity index is 483. The van der Waals surface area contributed by atoms with E-state index in [1.165, 1.54) is 0 Å². The molecule has 0 bridgehead atoms. The number of aromatic nitrogens is 1. The van der Waals surface area contributed by atoms with Gasteiger partial charge in [-0.2, -0.15) is 0 Å². The monoisotopic (exact) mass is 214 g/mol. The zero-order valence-electron chi connectivity index (χ0n) is 9.18. The van der Waals surface area contributed by atoms with Gasteiger partial charge >= 0.3 is 0 Å². The van der Waals surface area contributed by atoms with Crippen molar-refractivity contribution in [1.29, 1.82) is 0 Å². The number of ether oxygens (including phenoxy) is 1. The van der Waals surface area contributed by atoms with Gasteiger partial charge in [0, 0.05) is 12.6 Å². The van der Waals surface area contributed by atoms with E-state index in [1.807, 2.05) is 30.3 Å². The Kier molecular flexibility index (Phi) is 3.05. The fourth-order valence-corrected chi connectivity index (χ4v) is 1.67. The van der Waals surface area contributed by atoms with Gasteiger partial charge in [0.25, 0.3) is 0 Å². The molecule has 1 aromatic carbocycles.